The van der Waals surface area contributed by atoms with Crippen LogP contribution in [0.5, 0.6) is 0 Å². The second kappa shape index (κ2) is 8.06. The molecule has 0 unspecified atom stereocenters. The molecule has 0 aliphatic heterocycles. The Labute approximate surface area is 124 Å². The molecule has 114 valence electrons. The van der Waals surface area contributed by atoms with Crippen LogP contribution in [-0.4, -0.2) is 48.6 Å². The fourth-order valence-corrected chi connectivity index (χ4v) is 2.57. The molecule has 0 radical (unpaired) electrons. The molecule has 1 heterocycles. The highest BCUT2D eigenvalue weighted by atomic mass is 32.1. The number of nitrogens with one attached hydrogen (secondary N) is 1. The van der Waals surface area contributed by atoms with Gasteiger partial charge in [-0.15, -0.1) is 0 Å². The summed E-state index contributed by atoms with van der Waals surface area (Å²) in [6.45, 7) is 7.88. The number of methoxy groups -OCH3 is 1. The van der Waals surface area contributed by atoms with Crippen molar-refractivity contribution in [2.75, 3.05) is 37.9 Å². The van der Waals surface area contributed by atoms with Crippen molar-refractivity contribution < 1.29 is 9.53 Å². The largest absolute Gasteiger partial charge is 0.383 e. The van der Waals surface area contributed by atoms with Crippen LogP contribution in [0.1, 0.15) is 36.9 Å². The third-order valence-electron chi connectivity index (χ3n) is 2.79. The van der Waals surface area contributed by atoms with Crippen LogP contribution >= 0.6 is 11.3 Å². The highest BCUT2D eigenvalue weighted by molar-refractivity contribution is 7.18. The summed E-state index contributed by atoms with van der Waals surface area (Å²) < 4.78 is 5.05. The number of amides is 1. The Morgan fingerprint density at radius 1 is 1.55 bits per heavy atom. The van der Waals surface area contributed by atoms with Crippen molar-refractivity contribution in [3.05, 3.63) is 4.88 Å². The van der Waals surface area contributed by atoms with E-state index in [0.29, 0.717) is 29.0 Å². The third-order valence-corrected chi connectivity index (χ3v) is 3.81. The van der Waals surface area contributed by atoms with E-state index in [1.165, 1.54) is 11.3 Å². The first-order chi connectivity index (χ1) is 9.51. The summed E-state index contributed by atoms with van der Waals surface area (Å²) in [6.07, 6.45) is 0.995. The van der Waals surface area contributed by atoms with Gasteiger partial charge in [0.2, 0.25) is 0 Å². The van der Waals surface area contributed by atoms with Crippen molar-refractivity contribution in [2.24, 2.45) is 0 Å². The zero-order chi connectivity index (χ0) is 15.1. The number of nitrogens with two attached hydrogens (primary N) is 1. The van der Waals surface area contributed by atoms with Crippen molar-refractivity contribution in [3.63, 3.8) is 0 Å². The van der Waals surface area contributed by atoms with Crippen molar-refractivity contribution in [2.45, 2.75) is 33.2 Å². The van der Waals surface area contributed by atoms with E-state index in [4.69, 9.17) is 10.5 Å². The van der Waals surface area contributed by atoms with Crippen LogP contribution < -0.4 is 11.1 Å². The van der Waals surface area contributed by atoms with E-state index in [0.717, 1.165) is 13.0 Å². The molecule has 0 saturated carbocycles. The Morgan fingerprint density at radius 3 is 2.80 bits per heavy atom. The number of nitrogens with zero attached hydrogens (tertiary/aromatic N) is 2. The monoisotopic (exact) mass is 300 g/mol. The highest BCUT2D eigenvalue weighted by Crippen LogP contribution is 2.26. The topological polar surface area (TPSA) is 80.5 Å². The zero-order valence-corrected chi connectivity index (χ0v) is 13.4. The number of anilines is 2. The SMILES string of the molecule is CCCNc1nc(N)c(C(=O)N(CCOC)C(C)C)s1. The summed E-state index contributed by atoms with van der Waals surface area (Å²) in [4.78, 5) is 19.0. The van der Waals surface area contributed by atoms with Gasteiger partial charge in [-0.25, -0.2) is 4.98 Å². The first-order valence-electron chi connectivity index (χ1n) is 6.81. The van der Waals surface area contributed by atoms with Gasteiger partial charge >= 0.3 is 0 Å². The lowest BCUT2D eigenvalue weighted by Crippen LogP contribution is -2.39. The quantitative estimate of drug-likeness (QED) is 0.768. The Morgan fingerprint density at radius 2 is 2.25 bits per heavy atom. The molecular weight excluding hydrogens is 276 g/mol. The first-order valence-corrected chi connectivity index (χ1v) is 7.63. The average Bonchev–Trinajstić information content (AvgIpc) is 2.77. The molecule has 0 fully saturated rings. The number of hydrogen-bond acceptors (Lipinski definition) is 6. The summed E-state index contributed by atoms with van der Waals surface area (Å²) in [7, 11) is 1.62. The standard InChI is InChI=1S/C13H24N4O2S/c1-5-6-15-13-16-11(14)10(20-13)12(18)17(9(2)3)7-8-19-4/h9H,5-8,14H2,1-4H3,(H,15,16). The van der Waals surface area contributed by atoms with E-state index in [9.17, 15) is 4.79 Å². The number of aromatic nitrogens is 1. The highest BCUT2D eigenvalue weighted by Gasteiger charge is 2.23. The van der Waals surface area contributed by atoms with Gasteiger partial charge in [0.15, 0.2) is 5.13 Å². The van der Waals surface area contributed by atoms with Crippen molar-refractivity contribution in [1.82, 2.24) is 9.88 Å². The van der Waals surface area contributed by atoms with E-state index in [-0.39, 0.29) is 11.9 Å². The molecule has 0 aromatic carbocycles. The number of hydrogen-bond donors (Lipinski definition) is 2. The molecule has 0 aliphatic rings. The molecular formula is C13H24N4O2S. The first kappa shape index (κ1) is 16.7. The second-order valence-corrected chi connectivity index (χ2v) is 5.74. The Hall–Kier alpha value is -1.34. The summed E-state index contributed by atoms with van der Waals surface area (Å²) in [5.74, 6) is 0.207. The number of rotatable bonds is 8. The number of nitrogen functional groups attached to an aromatic ring is 1. The fraction of sp³-hybridized carbons (Fsp3) is 0.692. The molecule has 0 atom stereocenters. The minimum atomic E-state index is -0.0865. The van der Waals surface area contributed by atoms with E-state index < -0.39 is 0 Å². The summed E-state index contributed by atoms with van der Waals surface area (Å²) in [5, 5.41) is 3.85. The molecule has 1 rings (SSSR count). The minimum Gasteiger partial charge on any atom is -0.383 e. The molecule has 0 bridgehead atoms. The van der Waals surface area contributed by atoms with Crippen LogP contribution in [0.3, 0.4) is 0 Å². The molecule has 1 amide bonds. The van der Waals surface area contributed by atoms with Crippen LogP contribution in [-0.2, 0) is 4.74 Å². The van der Waals surface area contributed by atoms with E-state index in [1.807, 2.05) is 13.8 Å². The maximum absolute atomic E-state index is 12.5. The van der Waals surface area contributed by atoms with Gasteiger partial charge in [0, 0.05) is 26.2 Å². The van der Waals surface area contributed by atoms with Crippen molar-refractivity contribution in [3.8, 4) is 0 Å². The van der Waals surface area contributed by atoms with Gasteiger partial charge in [-0.3, -0.25) is 4.79 Å². The number of carbonyl (C=O) groups is 1. The molecule has 0 aliphatic carbocycles. The van der Waals surface area contributed by atoms with Crippen LogP contribution in [0.2, 0.25) is 0 Å². The average molecular weight is 300 g/mol. The van der Waals surface area contributed by atoms with Gasteiger partial charge in [0.25, 0.3) is 5.91 Å². The molecule has 1 aromatic rings. The number of ether oxygens (including phenoxy) is 1. The molecule has 20 heavy (non-hydrogen) atoms. The summed E-state index contributed by atoms with van der Waals surface area (Å²) >= 11 is 1.31. The smallest absolute Gasteiger partial charge is 0.268 e. The number of carbonyl (C=O) groups excluding carboxylic acids is 1. The third kappa shape index (κ3) is 4.35. The lowest BCUT2D eigenvalue weighted by Gasteiger charge is -2.25. The van der Waals surface area contributed by atoms with E-state index in [1.54, 1.807) is 12.0 Å². The molecule has 7 heteroatoms. The van der Waals surface area contributed by atoms with Crippen molar-refractivity contribution >= 4 is 28.2 Å². The number of thiazole rings is 1. The zero-order valence-electron chi connectivity index (χ0n) is 12.6. The van der Waals surface area contributed by atoms with Crippen LogP contribution in [0.15, 0.2) is 0 Å². The second-order valence-electron chi connectivity index (χ2n) is 4.75. The van der Waals surface area contributed by atoms with Gasteiger partial charge in [0.05, 0.1) is 6.61 Å². The molecule has 1 aromatic heterocycles. The predicted molar refractivity (Wildman–Crippen MR) is 83.4 cm³/mol. The summed E-state index contributed by atoms with van der Waals surface area (Å²) in [5.41, 5.74) is 5.86. The van der Waals surface area contributed by atoms with Crippen LogP contribution in [0, 0.1) is 0 Å². The summed E-state index contributed by atoms with van der Waals surface area (Å²) in [6, 6.07) is 0.0891. The lowest BCUT2D eigenvalue weighted by molar-refractivity contribution is 0.0640. The van der Waals surface area contributed by atoms with Crippen molar-refractivity contribution in [1.29, 1.82) is 0 Å². The maximum atomic E-state index is 12.5. The normalized spacial score (nSPS) is 10.8. The van der Waals surface area contributed by atoms with Gasteiger partial charge in [-0.05, 0) is 20.3 Å². The van der Waals surface area contributed by atoms with Gasteiger partial charge in [0.1, 0.15) is 10.7 Å². The van der Waals surface area contributed by atoms with Gasteiger partial charge in [-0.2, -0.15) is 0 Å². The van der Waals surface area contributed by atoms with Gasteiger partial charge in [-0.1, -0.05) is 18.3 Å². The predicted octanol–water partition coefficient (Wildman–Crippen LogP) is 2.04. The Balaban J connectivity index is 2.85. The minimum absolute atomic E-state index is 0.0865. The van der Waals surface area contributed by atoms with Crippen LogP contribution in [0.4, 0.5) is 10.9 Å². The Kier molecular flexibility index (Phi) is 6.74. The molecule has 0 saturated heterocycles. The fourth-order valence-electron chi connectivity index (χ4n) is 1.71. The molecule has 0 spiro atoms. The Bertz CT molecular complexity index is 434. The lowest BCUT2D eigenvalue weighted by atomic mass is 10.3. The van der Waals surface area contributed by atoms with E-state index in [2.05, 4.69) is 17.2 Å². The van der Waals surface area contributed by atoms with Crippen LogP contribution in [0.25, 0.3) is 0 Å². The molecule has 3 N–H and O–H groups in total. The van der Waals surface area contributed by atoms with Gasteiger partial charge < -0.3 is 20.7 Å². The maximum Gasteiger partial charge on any atom is 0.268 e. The molecule has 6 nitrogen and oxygen atoms in total. The van der Waals surface area contributed by atoms with E-state index >= 15 is 0 Å².